The van der Waals surface area contributed by atoms with E-state index >= 15 is 0 Å². The van der Waals surface area contributed by atoms with Crippen molar-refractivity contribution in [2.75, 3.05) is 32.7 Å². The molecular weight excluding hydrogens is 402 g/mol. The molecule has 30 heavy (non-hydrogen) atoms. The summed E-state index contributed by atoms with van der Waals surface area (Å²) in [4.78, 5) is 28.5. The minimum absolute atomic E-state index is 0.120. The van der Waals surface area contributed by atoms with E-state index in [0.29, 0.717) is 34.8 Å². The Morgan fingerprint density at radius 1 is 1.17 bits per heavy atom. The maximum absolute atomic E-state index is 12.8. The van der Waals surface area contributed by atoms with E-state index in [1.54, 1.807) is 23.1 Å². The summed E-state index contributed by atoms with van der Waals surface area (Å²) >= 11 is 6.45. The highest BCUT2D eigenvalue weighted by Crippen LogP contribution is 2.30. The van der Waals surface area contributed by atoms with Gasteiger partial charge >= 0.3 is 0 Å². The molecule has 2 saturated heterocycles. The van der Waals surface area contributed by atoms with Crippen molar-refractivity contribution < 1.29 is 14.3 Å². The number of ether oxygens (including phenoxy) is 1. The van der Waals surface area contributed by atoms with Gasteiger partial charge in [-0.05, 0) is 49.3 Å². The van der Waals surface area contributed by atoms with Crippen LogP contribution in [0.4, 0.5) is 0 Å². The van der Waals surface area contributed by atoms with Gasteiger partial charge in [-0.1, -0.05) is 32.4 Å². The fraction of sp³-hybridized carbons (Fsp3) is 0.652. The molecule has 0 aromatic heterocycles. The summed E-state index contributed by atoms with van der Waals surface area (Å²) < 4.78 is 6.15. The van der Waals surface area contributed by atoms with Crippen molar-refractivity contribution in [1.29, 1.82) is 0 Å². The van der Waals surface area contributed by atoms with E-state index < -0.39 is 0 Å². The quantitative estimate of drug-likeness (QED) is 0.767. The van der Waals surface area contributed by atoms with Gasteiger partial charge < -0.3 is 20.3 Å². The second kappa shape index (κ2) is 9.56. The highest BCUT2D eigenvalue weighted by atomic mass is 35.5. The van der Waals surface area contributed by atoms with E-state index in [9.17, 15) is 9.59 Å². The van der Waals surface area contributed by atoms with E-state index in [0.717, 1.165) is 45.3 Å². The van der Waals surface area contributed by atoms with Crippen molar-refractivity contribution in [3.8, 4) is 5.75 Å². The number of nitrogens with two attached hydrogens (primary N) is 1. The van der Waals surface area contributed by atoms with Crippen molar-refractivity contribution in [3.63, 3.8) is 0 Å². The Kier molecular flexibility index (Phi) is 7.30. The number of carbonyl (C=O) groups is 2. The minimum atomic E-state index is -0.345. The van der Waals surface area contributed by atoms with Gasteiger partial charge in [0.15, 0.2) is 0 Å². The average molecular weight is 436 g/mol. The van der Waals surface area contributed by atoms with Gasteiger partial charge in [-0.25, -0.2) is 0 Å². The highest BCUT2D eigenvalue weighted by molar-refractivity contribution is 6.32. The first-order valence-electron chi connectivity index (χ1n) is 10.9. The SMILES string of the molecule is CC(C)(C)CN1CCC(Oc2ccc(C(=O)N3CCCC(C(N)=O)C3)cc2Cl)CC1. The Morgan fingerprint density at radius 2 is 1.87 bits per heavy atom. The Labute approximate surface area is 184 Å². The summed E-state index contributed by atoms with van der Waals surface area (Å²) in [6.07, 6.45) is 3.59. The lowest BCUT2D eigenvalue weighted by Gasteiger charge is -2.36. The monoisotopic (exact) mass is 435 g/mol. The van der Waals surface area contributed by atoms with Crippen LogP contribution in [0.1, 0.15) is 56.8 Å². The molecule has 1 unspecified atom stereocenters. The molecule has 6 nitrogen and oxygen atoms in total. The lowest BCUT2D eigenvalue weighted by atomic mass is 9.94. The van der Waals surface area contributed by atoms with Gasteiger partial charge in [-0.2, -0.15) is 0 Å². The zero-order valence-corrected chi connectivity index (χ0v) is 19.1. The van der Waals surface area contributed by atoms with Crippen LogP contribution in [0.25, 0.3) is 0 Å². The number of nitrogens with zero attached hydrogens (tertiary/aromatic N) is 2. The molecular formula is C23H34ClN3O3. The molecule has 2 N–H and O–H groups in total. The number of hydrogen-bond donors (Lipinski definition) is 1. The van der Waals surface area contributed by atoms with Crippen molar-refractivity contribution in [2.24, 2.45) is 17.1 Å². The highest BCUT2D eigenvalue weighted by Gasteiger charge is 2.28. The summed E-state index contributed by atoms with van der Waals surface area (Å²) in [5.41, 5.74) is 6.23. The van der Waals surface area contributed by atoms with Crippen LogP contribution >= 0.6 is 11.6 Å². The molecule has 3 rings (SSSR count). The third-order valence-corrected chi connectivity index (χ3v) is 6.11. The topological polar surface area (TPSA) is 75.9 Å². The van der Waals surface area contributed by atoms with Gasteiger partial charge in [0, 0.05) is 38.3 Å². The number of hydrogen-bond acceptors (Lipinski definition) is 4. The third kappa shape index (κ3) is 6.11. The molecule has 0 aliphatic carbocycles. The van der Waals surface area contributed by atoms with Crippen LogP contribution in [0, 0.1) is 11.3 Å². The molecule has 1 aromatic rings. The Bertz CT molecular complexity index is 769. The van der Waals surface area contributed by atoms with E-state index in [-0.39, 0.29) is 23.8 Å². The van der Waals surface area contributed by atoms with Crippen LogP contribution in [-0.4, -0.2) is 60.4 Å². The number of amides is 2. The van der Waals surface area contributed by atoms with Crippen LogP contribution in [0.3, 0.4) is 0 Å². The first-order chi connectivity index (χ1) is 14.1. The standard InChI is InChI=1S/C23H34ClN3O3/c1-23(2,3)15-26-11-8-18(9-12-26)30-20-7-6-16(13-19(20)24)22(29)27-10-4-5-17(14-27)21(25)28/h6-7,13,17-18H,4-5,8-12,14-15H2,1-3H3,(H2,25,28). The predicted molar refractivity (Wildman–Crippen MR) is 119 cm³/mol. The van der Waals surface area contributed by atoms with Crippen LogP contribution in [0.2, 0.25) is 5.02 Å². The largest absolute Gasteiger partial charge is 0.489 e. The zero-order valence-electron chi connectivity index (χ0n) is 18.3. The summed E-state index contributed by atoms with van der Waals surface area (Å²) in [5.74, 6) is -0.117. The van der Waals surface area contributed by atoms with Crippen LogP contribution < -0.4 is 10.5 Å². The normalized spacial score (nSPS) is 21.5. The number of primary amides is 1. The molecule has 0 radical (unpaired) electrons. The van der Waals surface area contributed by atoms with Crippen LogP contribution in [0.5, 0.6) is 5.75 Å². The van der Waals surface area contributed by atoms with E-state index in [4.69, 9.17) is 22.1 Å². The number of piperidine rings is 2. The zero-order chi connectivity index (χ0) is 21.9. The van der Waals surface area contributed by atoms with Crippen LogP contribution in [-0.2, 0) is 4.79 Å². The summed E-state index contributed by atoms with van der Waals surface area (Å²) in [6, 6.07) is 5.21. The van der Waals surface area contributed by atoms with Gasteiger partial charge in [0.2, 0.25) is 5.91 Å². The lowest BCUT2D eigenvalue weighted by Crippen LogP contribution is -2.44. The molecule has 2 heterocycles. The smallest absolute Gasteiger partial charge is 0.253 e. The molecule has 1 aromatic carbocycles. The van der Waals surface area contributed by atoms with E-state index in [2.05, 4.69) is 25.7 Å². The summed E-state index contributed by atoms with van der Waals surface area (Å²) in [6.45, 7) is 10.9. The van der Waals surface area contributed by atoms with Gasteiger partial charge in [0.1, 0.15) is 11.9 Å². The number of halogens is 1. The van der Waals surface area contributed by atoms with Crippen LogP contribution in [0.15, 0.2) is 18.2 Å². The Balaban J connectivity index is 1.57. The predicted octanol–water partition coefficient (Wildman–Crippen LogP) is 3.57. The van der Waals surface area contributed by atoms with Crippen molar-refractivity contribution in [3.05, 3.63) is 28.8 Å². The molecule has 0 saturated carbocycles. The molecule has 2 fully saturated rings. The molecule has 2 amide bonds. The number of likely N-dealkylation sites (tertiary alicyclic amines) is 2. The van der Waals surface area contributed by atoms with E-state index in [1.165, 1.54) is 0 Å². The first-order valence-corrected chi connectivity index (χ1v) is 11.3. The number of benzene rings is 1. The average Bonchev–Trinajstić information content (AvgIpc) is 2.69. The fourth-order valence-corrected chi connectivity index (χ4v) is 4.57. The second-order valence-corrected chi connectivity index (χ2v) is 10.2. The van der Waals surface area contributed by atoms with Gasteiger partial charge in [0.05, 0.1) is 10.9 Å². The van der Waals surface area contributed by atoms with E-state index in [1.807, 2.05) is 0 Å². The molecule has 7 heteroatoms. The second-order valence-electron chi connectivity index (χ2n) is 9.79. The Hall–Kier alpha value is -1.79. The molecule has 1 atom stereocenters. The van der Waals surface area contributed by atoms with Gasteiger partial charge in [-0.3, -0.25) is 9.59 Å². The summed E-state index contributed by atoms with van der Waals surface area (Å²) in [5, 5.41) is 0.446. The summed E-state index contributed by atoms with van der Waals surface area (Å²) in [7, 11) is 0. The maximum atomic E-state index is 12.8. The number of rotatable bonds is 5. The molecule has 2 aliphatic rings. The van der Waals surface area contributed by atoms with Crippen molar-refractivity contribution in [2.45, 2.75) is 52.6 Å². The lowest BCUT2D eigenvalue weighted by molar-refractivity contribution is -0.123. The molecule has 0 spiro atoms. The Morgan fingerprint density at radius 3 is 2.47 bits per heavy atom. The maximum Gasteiger partial charge on any atom is 0.253 e. The molecule has 2 aliphatic heterocycles. The first kappa shape index (κ1) is 22.9. The number of carbonyl (C=O) groups excluding carboxylic acids is 2. The third-order valence-electron chi connectivity index (χ3n) is 5.82. The molecule has 166 valence electrons. The minimum Gasteiger partial charge on any atom is -0.489 e. The fourth-order valence-electron chi connectivity index (χ4n) is 4.34. The molecule has 0 bridgehead atoms. The van der Waals surface area contributed by atoms with Gasteiger partial charge in [-0.15, -0.1) is 0 Å². The van der Waals surface area contributed by atoms with Gasteiger partial charge in [0.25, 0.3) is 5.91 Å². The van der Waals surface area contributed by atoms with Crippen molar-refractivity contribution >= 4 is 23.4 Å². The van der Waals surface area contributed by atoms with Crippen molar-refractivity contribution in [1.82, 2.24) is 9.80 Å².